The highest BCUT2D eigenvalue weighted by molar-refractivity contribution is 7.99. The van der Waals surface area contributed by atoms with E-state index in [4.69, 9.17) is 9.15 Å². The summed E-state index contributed by atoms with van der Waals surface area (Å²) in [5.74, 6) is 1.24. The Morgan fingerprint density at radius 3 is 2.78 bits per heavy atom. The van der Waals surface area contributed by atoms with Crippen LogP contribution in [-0.2, 0) is 0 Å². The zero-order valence-corrected chi connectivity index (χ0v) is 13.6. The third-order valence-electron chi connectivity index (χ3n) is 3.15. The monoisotopic (exact) mass is 342 g/mol. The van der Waals surface area contributed by atoms with E-state index in [2.05, 4.69) is 20.2 Å². The summed E-state index contributed by atoms with van der Waals surface area (Å²) >= 11 is 2.91. The molecule has 0 unspecified atom stereocenters. The Bertz CT molecular complexity index is 949. The Morgan fingerprint density at radius 2 is 1.96 bits per heavy atom. The van der Waals surface area contributed by atoms with Crippen LogP contribution in [0.25, 0.3) is 21.7 Å². The number of rotatable bonds is 4. The maximum absolute atomic E-state index is 5.72. The van der Waals surface area contributed by atoms with Gasteiger partial charge in [-0.3, -0.25) is 0 Å². The average Bonchev–Trinajstić information content (AvgIpc) is 3.25. The molecule has 0 saturated heterocycles. The molecular weight excluding hydrogens is 332 g/mol. The summed E-state index contributed by atoms with van der Waals surface area (Å²) in [6.07, 6.45) is 1.54. The van der Waals surface area contributed by atoms with Crippen molar-refractivity contribution in [3.05, 3.63) is 42.0 Å². The standard InChI is InChI=1S/C15H10N4O2S2/c1-20-10-4-2-9(3-5-10)12-18-19-15(21-12)23-14-11-6-7-22-13(11)16-8-17-14/h2-8H,1H3. The SMILES string of the molecule is COc1ccc(-c2nnc(Sc3ncnc4sccc34)o2)cc1. The molecular formula is C15H10N4O2S2. The fraction of sp³-hybridized carbons (Fsp3) is 0.0667. The summed E-state index contributed by atoms with van der Waals surface area (Å²) in [6.45, 7) is 0. The van der Waals surface area contributed by atoms with Crippen molar-refractivity contribution in [3.63, 3.8) is 0 Å². The van der Waals surface area contributed by atoms with Crippen molar-refractivity contribution in [1.29, 1.82) is 0 Å². The molecule has 0 saturated carbocycles. The van der Waals surface area contributed by atoms with Crippen molar-refractivity contribution >= 4 is 33.3 Å². The van der Waals surface area contributed by atoms with E-state index in [-0.39, 0.29) is 0 Å². The van der Waals surface area contributed by atoms with Crippen LogP contribution < -0.4 is 4.74 Å². The Morgan fingerprint density at radius 1 is 1.09 bits per heavy atom. The van der Waals surface area contributed by atoms with Crippen LogP contribution in [0.15, 0.2) is 56.7 Å². The number of ether oxygens (including phenoxy) is 1. The highest BCUT2D eigenvalue weighted by Gasteiger charge is 2.13. The van der Waals surface area contributed by atoms with E-state index in [1.807, 2.05) is 35.7 Å². The van der Waals surface area contributed by atoms with Crippen LogP contribution in [0.1, 0.15) is 0 Å². The lowest BCUT2D eigenvalue weighted by atomic mass is 10.2. The number of thiophene rings is 1. The molecule has 1 aromatic carbocycles. The molecule has 0 aliphatic rings. The van der Waals surface area contributed by atoms with E-state index in [9.17, 15) is 0 Å². The molecule has 23 heavy (non-hydrogen) atoms. The molecule has 0 aliphatic heterocycles. The van der Waals surface area contributed by atoms with Gasteiger partial charge in [0.05, 0.1) is 7.11 Å². The number of fused-ring (bicyclic) bond motifs is 1. The summed E-state index contributed by atoms with van der Waals surface area (Å²) in [5, 5.41) is 12.4. The van der Waals surface area contributed by atoms with Crippen molar-refractivity contribution in [1.82, 2.24) is 20.2 Å². The van der Waals surface area contributed by atoms with Crippen LogP contribution in [0.4, 0.5) is 0 Å². The molecule has 0 aliphatic carbocycles. The molecule has 4 rings (SSSR count). The van der Waals surface area contributed by atoms with Gasteiger partial charge in [-0.05, 0) is 47.5 Å². The summed E-state index contributed by atoms with van der Waals surface area (Å²) in [7, 11) is 1.63. The first-order chi connectivity index (χ1) is 11.3. The predicted molar refractivity (Wildman–Crippen MR) is 87.8 cm³/mol. The molecule has 0 atom stereocenters. The summed E-state index contributed by atoms with van der Waals surface area (Å²) < 4.78 is 10.9. The Balaban J connectivity index is 1.61. The van der Waals surface area contributed by atoms with Crippen LogP contribution in [0.2, 0.25) is 0 Å². The van der Waals surface area contributed by atoms with Crippen molar-refractivity contribution in [3.8, 4) is 17.2 Å². The number of aromatic nitrogens is 4. The summed E-state index contributed by atoms with van der Waals surface area (Å²) in [6, 6.07) is 9.45. The van der Waals surface area contributed by atoms with Gasteiger partial charge in [0.25, 0.3) is 5.22 Å². The van der Waals surface area contributed by atoms with Crippen molar-refractivity contribution in [2.45, 2.75) is 10.2 Å². The topological polar surface area (TPSA) is 73.9 Å². The lowest BCUT2D eigenvalue weighted by Gasteiger charge is -1.99. The fourth-order valence-corrected chi connectivity index (χ4v) is 3.57. The van der Waals surface area contributed by atoms with Gasteiger partial charge in [0.15, 0.2) is 0 Å². The molecule has 3 heterocycles. The van der Waals surface area contributed by atoms with Crippen molar-refractivity contribution in [2.75, 3.05) is 7.11 Å². The van der Waals surface area contributed by atoms with Gasteiger partial charge in [0, 0.05) is 10.9 Å². The second-order valence-electron chi connectivity index (χ2n) is 4.52. The summed E-state index contributed by atoms with van der Waals surface area (Å²) in [5.41, 5.74) is 0.841. The normalized spacial score (nSPS) is 11.0. The van der Waals surface area contributed by atoms with Gasteiger partial charge in [0.2, 0.25) is 5.89 Å². The zero-order valence-electron chi connectivity index (χ0n) is 12.0. The number of benzene rings is 1. The number of hydrogen-bond acceptors (Lipinski definition) is 8. The molecule has 0 spiro atoms. The van der Waals surface area contributed by atoms with Crippen LogP contribution in [0, 0.1) is 0 Å². The molecule has 0 bridgehead atoms. The highest BCUT2D eigenvalue weighted by Crippen LogP contribution is 2.33. The van der Waals surface area contributed by atoms with E-state index in [0.717, 1.165) is 26.6 Å². The molecule has 0 radical (unpaired) electrons. The van der Waals surface area contributed by atoms with Crippen molar-refractivity contribution < 1.29 is 9.15 Å². The Hall–Kier alpha value is -2.45. The first-order valence-corrected chi connectivity index (χ1v) is 8.37. The molecule has 114 valence electrons. The number of nitrogens with zero attached hydrogens (tertiary/aromatic N) is 4. The average molecular weight is 342 g/mol. The van der Waals surface area contributed by atoms with Crippen LogP contribution in [-0.4, -0.2) is 27.3 Å². The Kier molecular flexibility index (Phi) is 3.68. The molecule has 0 amide bonds. The second kappa shape index (κ2) is 5.98. The molecule has 0 N–H and O–H groups in total. The lowest BCUT2D eigenvalue weighted by Crippen LogP contribution is -1.83. The summed E-state index contributed by atoms with van der Waals surface area (Å²) in [4.78, 5) is 9.46. The first-order valence-electron chi connectivity index (χ1n) is 6.67. The highest BCUT2D eigenvalue weighted by atomic mass is 32.2. The lowest BCUT2D eigenvalue weighted by molar-refractivity contribution is 0.414. The van der Waals surface area contributed by atoms with Gasteiger partial charge in [-0.25, -0.2) is 9.97 Å². The zero-order chi connectivity index (χ0) is 15.6. The van der Waals surface area contributed by atoms with E-state index in [0.29, 0.717) is 11.1 Å². The molecule has 0 fully saturated rings. The minimum atomic E-state index is 0.446. The minimum Gasteiger partial charge on any atom is -0.497 e. The van der Waals surface area contributed by atoms with Gasteiger partial charge in [-0.2, -0.15) is 0 Å². The van der Waals surface area contributed by atoms with Gasteiger partial charge in [-0.1, -0.05) is 0 Å². The molecule has 6 nitrogen and oxygen atoms in total. The first kappa shape index (κ1) is 14.2. The van der Waals surface area contributed by atoms with E-state index in [1.54, 1.807) is 24.8 Å². The van der Waals surface area contributed by atoms with Gasteiger partial charge >= 0.3 is 0 Å². The number of hydrogen-bond donors (Lipinski definition) is 0. The van der Waals surface area contributed by atoms with Crippen LogP contribution in [0.5, 0.6) is 5.75 Å². The van der Waals surface area contributed by atoms with E-state index < -0.39 is 0 Å². The molecule has 3 aromatic heterocycles. The van der Waals surface area contributed by atoms with Gasteiger partial charge in [-0.15, -0.1) is 21.5 Å². The second-order valence-corrected chi connectivity index (χ2v) is 6.36. The minimum absolute atomic E-state index is 0.446. The van der Waals surface area contributed by atoms with Crippen molar-refractivity contribution in [2.24, 2.45) is 0 Å². The van der Waals surface area contributed by atoms with E-state index in [1.165, 1.54) is 11.8 Å². The van der Waals surface area contributed by atoms with Crippen LogP contribution in [0.3, 0.4) is 0 Å². The largest absolute Gasteiger partial charge is 0.497 e. The maximum atomic E-state index is 5.72. The van der Waals surface area contributed by atoms with Gasteiger partial charge in [0.1, 0.15) is 21.9 Å². The molecule has 8 heteroatoms. The maximum Gasteiger partial charge on any atom is 0.283 e. The van der Waals surface area contributed by atoms with Gasteiger partial charge < -0.3 is 9.15 Å². The Labute approximate surface area is 139 Å². The smallest absolute Gasteiger partial charge is 0.283 e. The number of methoxy groups -OCH3 is 1. The third kappa shape index (κ3) is 2.78. The third-order valence-corrected chi connectivity index (χ3v) is 4.83. The quantitative estimate of drug-likeness (QED) is 0.521. The predicted octanol–water partition coefficient (Wildman–Crippen LogP) is 3.90. The van der Waals surface area contributed by atoms with Crippen LogP contribution >= 0.6 is 23.1 Å². The van der Waals surface area contributed by atoms with E-state index >= 15 is 0 Å². The molecule has 4 aromatic rings. The fourth-order valence-electron chi connectivity index (χ4n) is 2.03.